The number of hydrogen-bond acceptors (Lipinski definition) is 0. The molecule has 0 aliphatic rings. The fourth-order valence-electron chi connectivity index (χ4n) is 0.984. The van der Waals surface area contributed by atoms with E-state index in [4.69, 9.17) is 0 Å². The van der Waals surface area contributed by atoms with E-state index in [2.05, 4.69) is 70.3 Å². The lowest BCUT2D eigenvalue weighted by Gasteiger charge is -2.00. The van der Waals surface area contributed by atoms with Crippen molar-refractivity contribution in [3.8, 4) is 0 Å². The van der Waals surface area contributed by atoms with Crippen molar-refractivity contribution in [3.05, 3.63) is 30.9 Å². The molecule has 0 atom stereocenters. The Morgan fingerprint density at radius 1 is 1.18 bits per heavy atom. The average molecular weight is 372 g/mol. The topological polar surface area (TPSA) is 0 Å². The molecule has 1 aromatic carbocycles. The lowest BCUT2D eigenvalue weighted by Crippen LogP contribution is -1.86. The minimum atomic E-state index is 1.20. The van der Waals surface area contributed by atoms with Gasteiger partial charge in [0.05, 0.1) is 0 Å². The van der Waals surface area contributed by atoms with E-state index >= 15 is 0 Å². The first-order valence-electron chi connectivity index (χ1n) is 3.68. The third-order valence-electron chi connectivity index (χ3n) is 1.52. The fourth-order valence-corrected chi connectivity index (χ4v) is 1.90. The Kier molecular flexibility index (Phi) is 4.12. The van der Waals surface area contributed by atoms with Crippen LogP contribution in [0.4, 0.5) is 0 Å². The van der Waals surface area contributed by atoms with Gasteiger partial charge in [0.15, 0.2) is 0 Å². The van der Waals surface area contributed by atoms with Crippen LogP contribution in [0.2, 0.25) is 0 Å². The molecule has 2 heteroatoms. The minimum Gasteiger partial charge on any atom is -0.0651 e. The predicted molar refractivity (Wildman–Crippen MR) is 65.9 cm³/mol. The third-order valence-corrected chi connectivity index (χ3v) is 4.39. The number of benzene rings is 1. The Labute approximate surface area is 95.0 Å². The zero-order valence-electron chi connectivity index (χ0n) is 6.40. The maximum absolute atomic E-state index is 2.38. The first-order chi connectivity index (χ1) is 5.24. The molecule has 0 nitrogen and oxygen atoms in total. The second-order valence-corrected chi connectivity index (χ2v) is 4.82. The first-order valence-corrected chi connectivity index (χ1v) is 5.83. The van der Waals surface area contributed by atoms with Gasteiger partial charge in [0.2, 0.25) is 0 Å². The van der Waals surface area contributed by atoms with Crippen LogP contribution in [0.5, 0.6) is 0 Å². The predicted octanol–water partition coefficient (Wildman–Crippen LogP) is 3.85. The van der Waals surface area contributed by atoms with Crippen LogP contribution in [0.25, 0.3) is 0 Å². The highest BCUT2D eigenvalue weighted by Gasteiger charge is 1.96. The van der Waals surface area contributed by atoms with Gasteiger partial charge < -0.3 is 0 Å². The maximum atomic E-state index is 2.38. The van der Waals surface area contributed by atoms with E-state index in [1.807, 2.05) is 0 Å². The number of rotatable bonds is 2. The molecule has 0 unspecified atom stereocenters. The molecule has 0 N–H and O–H groups in total. The van der Waals surface area contributed by atoms with Crippen LogP contribution in [0.15, 0.2) is 18.2 Å². The van der Waals surface area contributed by atoms with E-state index in [9.17, 15) is 0 Å². The van der Waals surface area contributed by atoms with Gasteiger partial charge in [0, 0.05) is 7.14 Å². The van der Waals surface area contributed by atoms with Crippen molar-refractivity contribution in [1.82, 2.24) is 0 Å². The summed E-state index contributed by atoms with van der Waals surface area (Å²) in [5.74, 6) is 0. The van der Waals surface area contributed by atoms with Gasteiger partial charge in [-0.15, -0.1) is 0 Å². The molecule has 0 fully saturated rings. The van der Waals surface area contributed by atoms with Gasteiger partial charge in [0.25, 0.3) is 0 Å². The molecule has 1 rings (SSSR count). The molecule has 60 valence electrons. The molecular formula is C9H10I2. The monoisotopic (exact) mass is 372 g/mol. The lowest BCUT2D eigenvalue weighted by atomic mass is 10.1. The largest absolute Gasteiger partial charge is 0.0651 e. The van der Waals surface area contributed by atoms with Gasteiger partial charge in [-0.25, -0.2) is 0 Å². The van der Waals surface area contributed by atoms with Crippen molar-refractivity contribution < 1.29 is 0 Å². The summed E-state index contributed by atoms with van der Waals surface area (Å²) in [6, 6.07) is 6.67. The Hall–Kier alpha value is 0.680. The molecule has 0 aromatic heterocycles. The summed E-state index contributed by atoms with van der Waals surface area (Å²) in [5, 5.41) is 0. The molecule has 1 aromatic rings. The normalized spacial score (nSPS) is 10.1. The molecule has 11 heavy (non-hydrogen) atoms. The summed E-state index contributed by atoms with van der Waals surface area (Å²) in [4.78, 5) is 0. The number of halogens is 2. The maximum Gasteiger partial charge on any atom is 0.0266 e. The summed E-state index contributed by atoms with van der Waals surface area (Å²) in [7, 11) is 0. The van der Waals surface area contributed by atoms with E-state index in [1.165, 1.54) is 25.5 Å². The van der Waals surface area contributed by atoms with Crippen LogP contribution < -0.4 is 0 Å². The van der Waals surface area contributed by atoms with Gasteiger partial charge >= 0.3 is 0 Å². The Bertz CT molecular complexity index is 243. The third kappa shape index (κ3) is 2.89. The van der Waals surface area contributed by atoms with Crippen LogP contribution in [0.3, 0.4) is 0 Å². The summed E-state index contributed by atoms with van der Waals surface area (Å²) < 4.78 is 2.72. The standard InChI is InChI=1S/C9H10I2/c1-2-3-7-4-5-8(10)9(11)6-7/h4-6H,2-3H2,1H3. The van der Waals surface area contributed by atoms with E-state index in [-0.39, 0.29) is 0 Å². The molecule has 0 saturated heterocycles. The highest BCUT2D eigenvalue weighted by Crippen LogP contribution is 2.17. The minimum absolute atomic E-state index is 1.20. The molecule has 0 aliphatic heterocycles. The van der Waals surface area contributed by atoms with Crippen LogP contribution in [0, 0.1) is 7.14 Å². The van der Waals surface area contributed by atoms with E-state index in [0.29, 0.717) is 0 Å². The fraction of sp³-hybridized carbons (Fsp3) is 0.333. The smallest absolute Gasteiger partial charge is 0.0266 e. The first kappa shape index (κ1) is 9.77. The second kappa shape index (κ2) is 4.64. The quantitative estimate of drug-likeness (QED) is 0.693. The van der Waals surface area contributed by atoms with Crippen molar-refractivity contribution >= 4 is 45.2 Å². The van der Waals surface area contributed by atoms with Crippen molar-refractivity contribution in [3.63, 3.8) is 0 Å². The molecule has 0 saturated carbocycles. The average Bonchev–Trinajstić information content (AvgIpc) is 1.98. The van der Waals surface area contributed by atoms with E-state index in [1.54, 1.807) is 0 Å². The van der Waals surface area contributed by atoms with Crippen molar-refractivity contribution in [2.24, 2.45) is 0 Å². The van der Waals surface area contributed by atoms with Crippen molar-refractivity contribution in [1.29, 1.82) is 0 Å². The van der Waals surface area contributed by atoms with Gasteiger partial charge in [-0.3, -0.25) is 0 Å². The highest BCUT2D eigenvalue weighted by molar-refractivity contribution is 14.1. The second-order valence-electron chi connectivity index (χ2n) is 2.50. The van der Waals surface area contributed by atoms with Crippen LogP contribution in [-0.2, 0) is 6.42 Å². The summed E-state index contributed by atoms with van der Waals surface area (Å²) >= 11 is 4.74. The Balaban J connectivity index is 2.86. The zero-order valence-corrected chi connectivity index (χ0v) is 10.7. The summed E-state index contributed by atoms with van der Waals surface area (Å²) in [5.41, 5.74) is 1.46. The van der Waals surface area contributed by atoms with Crippen LogP contribution in [-0.4, -0.2) is 0 Å². The molecule has 0 radical (unpaired) electrons. The molecule has 0 aliphatic carbocycles. The molecule has 0 amide bonds. The van der Waals surface area contributed by atoms with Crippen molar-refractivity contribution in [2.75, 3.05) is 0 Å². The number of hydrogen-bond donors (Lipinski definition) is 0. The molecule has 0 bridgehead atoms. The van der Waals surface area contributed by atoms with Gasteiger partial charge in [0.1, 0.15) is 0 Å². The SMILES string of the molecule is CCCc1ccc(I)c(I)c1. The van der Waals surface area contributed by atoms with Crippen molar-refractivity contribution in [2.45, 2.75) is 19.8 Å². The van der Waals surface area contributed by atoms with Gasteiger partial charge in [-0.1, -0.05) is 19.4 Å². The Morgan fingerprint density at radius 3 is 2.45 bits per heavy atom. The van der Waals surface area contributed by atoms with Gasteiger partial charge in [-0.05, 0) is 69.3 Å². The highest BCUT2D eigenvalue weighted by atomic mass is 127. The Morgan fingerprint density at radius 2 is 1.91 bits per heavy atom. The summed E-state index contributed by atoms with van der Waals surface area (Å²) in [6.45, 7) is 2.21. The number of aryl methyl sites for hydroxylation is 1. The van der Waals surface area contributed by atoms with E-state index < -0.39 is 0 Å². The zero-order chi connectivity index (χ0) is 8.27. The van der Waals surface area contributed by atoms with Gasteiger partial charge in [-0.2, -0.15) is 0 Å². The summed E-state index contributed by atoms with van der Waals surface area (Å²) in [6.07, 6.45) is 2.43. The van der Waals surface area contributed by atoms with Crippen LogP contribution in [0.1, 0.15) is 18.9 Å². The molecule has 0 heterocycles. The van der Waals surface area contributed by atoms with Crippen LogP contribution >= 0.6 is 45.2 Å². The molecular weight excluding hydrogens is 362 g/mol. The van der Waals surface area contributed by atoms with E-state index in [0.717, 1.165) is 0 Å². The lowest BCUT2D eigenvalue weighted by molar-refractivity contribution is 0.920. The molecule has 0 spiro atoms.